The van der Waals surface area contributed by atoms with Crippen molar-refractivity contribution < 1.29 is 14.6 Å². The third-order valence-corrected chi connectivity index (χ3v) is 2.96. The van der Waals surface area contributed by atoms with Crippen LogP contribution in [0.25, 0.3) is 0 Å². The first kappa shape index (κ1) is 14.8. The number of carbonyl (C=O) groups is 1. The molecule has 0 spiro atoms. The average Bonchev–Trinajstić information content (AvgIpc) is 2.49. The Morgan fingerprint density at radius 1 is 1.24 bits per heavy atom. The van der Waals surface area contributed by atoms with Crippen molar-refractivity contribution in [3.05, 3.63) is 47.9 Å². The Hall–Kier alpha value is -2.63. The van der Waals surface area contributed by atoms with Gasteiger partial charge in [0.05, 0.1) is 18.9 Å². The Labute approximate surface area is 123 Å². The van der Waals surface area contributed by atoms with Crippen LogP contribution in [0, 0.1) is 6.92 Å². The van der Waals surface area contributed by atoms with Crippen molar-refractivity contribution in [3.63, 3.8) is 0 Å². The number of carboxylic acid groups (broad SMARTS) is 1. The van der Waals surface area contributed by atoms with Gasteiger partial charge >= 0.3 is 5.97 Å². The normalized spacial score (nSPS) is 10.2. The minimum absolute atomic E-state index is 0.0666. The molecule has 1 aromatic carbocycles. The highest BCUT2D eigenvalue weighted by Gasteiger charge is 2.07. The molecule has 0 aliphatic rings. The van der Waals surface area contributed by atoms with Gasteiger partial charge in [-0.25, -0.2) is 14.8 Å². The number of aromatic nitrogens is 2. The zero-order chi connectivity index (χ0) is 15.2. The van der Waals surface area contributed by atoms with Crippen molar-refractivity contribution in [1.82, 2.24) is 9.97 Å². The van der Waals surface area contributed by atoms with Crippen LogP contribution in [0.15, 0.2) is 36.7 Å². The number of benzene rings is 1. The van der Waals surface area contributed by atoms with Crippen LogP contribution in [-0.4, -0.2) is 41.2 Å². The van der Waals surface area contributed by atoms with Crippen molar-refractivity contribution in [2.45, 2.75) is 6.92 Å². The molecule has 0 aliphatic carbocycles. The Morgan fingerprint density at radius 2 is 1.95 bits per heavy atom. The summed E-state index contributed by atoms with van der Waals surface area (Å²) in [5.74, 6) is 0.341. The molecule has 6 heteroatoms. The first-order valence-electron chi connectivity index (χ1n) is 6.52. The summed E-state index contributed by atoms with van der Waals surface area (Å²) in [7, 11) is 1.85. The first-order chi connectivity index (χ1) is 10.1. The molecule has 2 rings (SSSR count). The summed E-state index contributed by atoms with van der Waals surface area (Å²) in [6, 6.07) is 7.85. The monoisotopic (exact) mass is 287 g/mol. The standard InChI is InChI=1S/C15H17N3O3/c1-11-3-5-12(6-4-11)21-8-7-18(2)14-10-16-13(9-17-14)15(19)20/h3-6,9-10H,7-8H2,1-2H3,(H,19,20). The van der Waals surface area contributed by atoms with E-state index in [9.17, 15) is 4.79 Å². The topological polar surface area (TPSA) is 75.5 Å². The lowest BCUT2D eigenvalue weighted by atomic mass is 10.2. The smallest absolute Gasteiger partial charge is 0.356 e. The van der Waals surface area contributed by atoms with Crippen molar-refractivity contribution in [1.29, 1.82) is 0 Å². The predicted octanol–water partition coefficient (Wildman–Crippen LogP) is 2.00. The van der Waals surface area contributed by atoms with Crippen LogP contribution >= 0.6 is 0 Å². The Kier molecular flexibility index (Phi) is 4.71. The van der Waals surface area contributed by atoms with Gasteiger partial charge in [-0.2, -0.15) is 0 Å². The third-order valence-electron chi connectivity index (χ3n) is 2.96. The van der Waals surface area contributed by atoms with Gasteiger partial charge in [0.25, 0.3) is 0 Å². The molecular weight excluding hydrogens is 270 g/mol. The summed E-state index contributed by atoms with van der Waals surface area (Å²) in [4.78, 5) is 20.4. The molecule has 0 saturated carbocycles. The van der Waals surface area contributed by atoms with Crippen LogP contribution in [0.4, 0.5) is 5.82 Å². The van der Waals surface area contributed by atoms with E-state index in [2.05, 4.69) is 9.97 Å². The maximum absolute atomic E-state index is 10.7. The lowest BCUT2D eigenvalue weighted by Crippen LogP contribution is -2.25. The van der Waals surface area contributed by atoms with E-state index in [-0.39, 0.29) is 5.69 Å². The number of anilines is 1. The van der Waals surface area contributed by atoms with Crippen LogP contribution in [0.1, 0.15) is 16.1 Å². The second-order valence-electron chi connectivity index (χ2n) is 4.65. The summed E-state index contributed by atoms with van der Waals surface area (Å²) < 4.78 is 5.63. The molecule has 1 heterocycles. The van der Waals surface area contributed by atoms with Crippen LogP contribution < -0.4 is 9.64 Å². The number of carboxylic acids is 1. The van der Waals surface area contributed by atoms with Crippen LogP contribution in [0.2, 0.25) is 0 Å². The summed E-state index contributed by atoms with van der Waals surface area (Å²) >= 11 is 0. The van der Waals surface area contributed by atoms with Gasteiger partial charge in [-0.05, 0) is 19.1 Å². The Balaban J connectivity index is 1.85. The largest absolute Gasteiger partial charge is 0.492 e. The van der Waals surface area contributed by atoms with Gasteiger partial charge in [-0.15, -0.1) is 0 Å². The molecule has 1 aromatic heterocycles. The molecule has 0 bridgehead atoms. The van der Waals surface area contributed by atoms with Gasteiger partial charge in [-0.1, -0.05) is 17.7 Å². The molecule has 0 amide bonds. The fourth-order valence-corrected chi connectivity index (χ4v) is 1.68. The number of hydrogen-bond donors (Lipinski definition) is 1. The second kappa shape index (κ2) is 6.69. The molecule has 0 unspecified atom stereocenters. The highest BCUT2D eigenvalue weighted by atomic mass is 16.5. The number of rotatable bonds is 6. The van der Waals surface area contributed by atoms with Crippen molar-refractivity contribution in [3.8, 4) is 5.75 Å². The molecule has 2 aromatic rings. The molecule has 110 valence electrons. The maximum Gasteiger partial charge on any atom is 0.356 e. The van der Waals surface area contributed by atoms with Crippen LogP contribution in [0.5, 0.6) is 5.75 Å². The average molecular weight is 287 g/mol. The number of nitrogens with zero attached hydrogens (tertiary/aromatic N) is 3. The van der Waals surface area contributed by atoms with E-state index in [0.717, 1.165) is 5.75 Å². The summed E-state index contributed by atoms with van der Waals surface area (Å²) in [6.07, 6.45) is 2.68. The summed E-state index contributed by atoms with van der Waals surface area (Å²) in [5, 5.41) is 8.77. The summed E-state index contributed by atoms with van der Waals surface area (Å²) in [6.45, 7) is 3.15. The lowest BCUT2D eigenvalue weighted by Gasteiger charge is -2.18. The second-order valence-corrected chi connectivity index (χ2v) is 4.65. The number of aryl methyl sites for hydroxylation is 1. The molecule has 0 atom stereocenters. The number of likely N-dealkylation sites (N-methyl/N-ethyl adjacent to an activating group) is 1. The van der Waals surface area contributed by atoms with Gasteiger partial charge in [0, 0.05) is 7.05 Å². The van der Waals surface area contributed by atoms with Crippen molar-refractivity contribution >= 4 is 11.8 Å². The number of hydrogen-bond acceptors (Lipinski definition) is 5. The van der Waals surface area contributed by atoms with E-state index >= 15 is 0 Å². The third kappa shape index (κ3) is 4.17. The molecule has 0 radical (unpaired) electrons. The number of ether oxygens (including phenoxy) is 1. The Bertz CT molecular complexity index is 597. The molecule has 6 nitrogen and oxygen atoms in total. The fourth-order valence-electron chi connectivity index (χ4n) is 1.68. The number of aromatic carboxylic acids is 1. The highest BCUT2D eigenvalue weighted by Crippen LogP contribution is 2.12. The molecule has 0 saturated heterocycles. The minimum Gasteiger partial charge on any atom is -0.492 e. The van der Waals surface area contributed by atoms with Gasteiger partial charge in [0.2, 0.25) is 0 Å². The van der Waals surface area contributed by atoms with E-state index < -0.39 is 5.97 Å². The van der Waals surface area contributed by atoms with Crippen molar-refractivity contribution in [2.24, 2.45) is 0 Å². The lowest BCUT2D eigenvalue weighted by molar-refractivity contribution is 0.0690. The van der Waals surface area contributed by atoms with Gasteiger partial charge in [-0.3, -0.25) is 0 Å². The zero-order valence-corrected chi connectivity index (χ0v) is 12.0. The minimum atomic E-state index is -1.08. The maximum atomic E-state index is 10.7. The molecule has 21 heavy (non-hydrogen) atoms. The van der Waals surface area contributed by atoms with Gasteiger partial charge in [0.15, 0.2) is 5.69 Å². The zero-order valence-electron chi connectivity index (χ0n) is 12.0. The van der Waals surface area contributed by atoms with Gasteiger partial charge < -0.3 is 14.7 Å². The van der Waals surface area contributed by atoms with E-state index in [0.29, 0.717) is 19.0 Å². The summed E-state index contributed by atoms with van der Waals surface area (Å²) in [5.41, 5.74) is 1.12. The van der Waals surface area contributed by atoms with Crippen LogP contribution in [-0.2, 0) is 0 Å². The van der Waals surface area contributed by atoms with E-state index in [1.807, 2.05) is 43.1 Å². The molecule has 0 aliphatic heterocycles. The van der Waals surface area contributed by atoms with Crippen molar-refractivity contribution in [2.75, 3.05) is 25.1 Å². The van der Waals surface area contributed by atoms with E-state index in [1.54, 1.807) is 0 Å². The predicted molar refractivity (Wildman–Crippen MR) is 78.9 cm³/mol. The molecular formula is C15H17N3O3. The molecule has 0 fully saturated rings. The van der Waals surface area contributed by atoms with Gasteiger partial charge in [0.1, 0.15) is 18.2 Å². The highest BCUT2D eigenvalue weighted by molar-refractivity contribution is 5.84. The SMILES string of the molecule is Cc1ccc(OCCN(C)c2cnc(C(=O)O)cn2)cc1. The first-order valence-corrected chi connectivity index (χ1v) is 6.52. The van der Waals surface area contributed by atoms with Crippen LogP contribution in [0.3, 0.4) is 0 Å². The fraction of sp³-hybridized carbons (Fsp3) is 0.267. The molecule has 1 N–H and O–H groups in total. The van der Waals surface area contributed by atoms with E-state index in [4.69, 9.17) is 9.84 Å². The Morgan fingerprint density at radius 3 is 2.52 bits per heavy atom. The quantitative estimate of drug-likeness (QED) is 0.875. The van der Waals surface area contributed by atoms with E-state index in [1.165, 1.54) is 18.0 Å².